The van der Waals surface area contributed by atoms with Crippen LogP contribution in [-0.2, 0) is 4.79 Å². The first-order valence-electron chi connectivity index (χ1n) is 6.62. The Labute approximate surface area is 118 Å². The minimum Gasteiger partial charge on any atom is -0.348 e. The second-order valence-corrected chi connectivity index (χ2v) is 6.11. The maximum atomic E-state index is 13.9. The zero-order chi connectivity index (χ0) is 15.5. The zero-order valence-electron chi connectivity index (χ0n) is 12.3. The van der Waals surface area contributed by atoms with Crippen LogP contribution in [0.1, 0.15) is 39.3 Å². The number of nitrogens with one attached hydrogen (secondary N) is 1. The van der Waals surface area contributed by atoms with Crippen LogP contribution in [0.5, 0.6) is 0 Å². The van der Waals surface area contributed by atoms with Gasteiger partial charge < -0.3 is 11.1 Å². The first-order valence-corrected chi connectivity index (χ1v) is 6.62. The Hall–Kier alpha value is -1.49. The number of nitrogens with two attached hydrogens (primary N) is 1. The van der Waals surface area contributed by atoms with E-state index >= 15 is 0 Å². The molecule has 2 atom stereocenters. The number of hydrogen-bond acceptors (Lipinski definition) is 2. The monoisotopic (exact) mass is 284 g/mol. The van der Waals surface area contributed by atoms with Gasteiger partial charge in [-0.3, -0.25) is 4.79 Å². The van der Waals surface area contributed by atoms with Crippen molar-refractivity contribution in [2.75, 3.05) is 6.54 Å². The van der Waals surface area contributed by atoms with Gasteiger partial charge in [0.2, 0.25) is 5.91 Å². The molecule has 112 valence electrons. The predicted octanol–water partition coefficient (Wildman–Crippen LogP) is 2.76. The first-order chi connectivity index (χ1) is 9.16. The van der Waals surface area contributed by atoms with Gasteiger partial charge in [-0.1, -0.05) is 33.8 Å². The minimum atomic E-state index is -0.661. The van der Waals surface area contributed by atoms with E-state index in [1.807, 2.05) is 20.8 Å². The van der Waals surface area contributed by atoms with E-state index in [0.717, 1.165) is 6.07 Å². The van der Waals surface area contributed by atoms with Gasteiger partial charge in [0.05, 0.1) is 6.04 Å². The van der Waals surface area contributed by atoms with Crippen molar-refractivity contribution in [3.05, 3.63) is 35.4 Å². The van der Waals surface area contributed by atoms with Crippen LogP contribution in [0.3, 0.4) is 0 Å². The number of halogens is 2. The summed E-state index contributed by atoms with van der Waals surface area (Å²) in [6.45, 7) is 7.57. The fourth-order valence-electron chi connectivity index (χ4n) is 1.89. The van der Waals surface area contributed by atoms with E-state index in [1.54, 1.807) is 6.92 Å². The largest absolute Gasteiger partial charge is 0.348 e. The summed E-state index contributed by atoms with van der Waals surface area (Å²) >= 11 is 0. The normalized spacial score (nSPS) is 14.8. The van der Waals surface area contributed by atoms with Crippen LogP contribution < -0.4 is 11.1 Å². The van der Waals surface area contributed by atoms with Gasteiger partial charge in [0, 0.05) is 24.1 Å². The Bertz CT molecular complexity index is 483. The van der Waals surface area contributed by atoms with Gasteiger partial charge in [0.25, 0.3) is 0 Å². The van der Waals surface area contributed by atoms with Gasteiger partial charge in [-0.25, -0.2) is 8.78 Å². The summed E-state index contributed by atoms with van der Waals surface area (Å²) in [6, 6.07) is 2.83. The molecule has 5 heteroatoms. The molecule has 2 unspecified atom stereocenters. The summed E-state index contributed by atoms with van der Waals surface area (Å²) in [5.74, 6) is -1.90. The van der Waals surface area contributed by atoms with Crippen molar-refractivity contribution in [3.8, 4) is 0 Å². The molecule has 0 spiro atoms. The van der Waals surface area contributed by atoms with Gasteiger partial charge in [-0.15, -0.1) is 0 Å². The minimum absolute atomic E-state index is 0.217. The molecule has 1 amide bonds. The second-order valence-electron chi connectivity index (χ2n) is 6.11. The molecule has 0 heterocycles. The maximum absolute atomic E-state index is 13.9. The van der Waals surface area contributed by atoms with Crippen molar-refractivity contribution < 1.29 is 13.6 Å². The average Bonchev–Trinajstić information content (AvgIpc) is 2.34. The molecular weight excluding hydrogens is 262 g/mol. The van der Waals surface area contributed by atoms with Crippen molar-refractivity contribution in [1.29, 1.82) is 0 Å². The number of hydrogen-bond donors (Lipinski definition) is 2. The average molecular weight is 284 g/mol. The highest BCUT2D eigenvalue weighted by Gasteiger charge is 2.31. The zero-order valence-corrected chi connectivity index (χ0v) is 12.3. The molecule has 1 rings (SSSR count). The summed E-state index contributed by atoms with van der Waals surface area (Å²) in [5, 5.41) is 2.80. The molecule has 0 aliphatic heterocycles. The molecule has 0 saturated carbocycles. The molecular formula is C15H22F2N2O. The Kier molecular flexibility index (Phi) is 5.22. The molecule has 1 aromatic carbocycles. The maximum Gasteiger partial charge on any atom is 0.224 e. The number of benzene rings is 1. The van der Waals surface area contributed by atoms with Crippen LogP contribution in [0.2, 0.25) is 0 Å². The third-order valence-electron chi connectivity index (χ3n) is 3.23. The van der Waals surface area contributed by atoms with Crippen LogP contribution in [-0.4, -0.2) is 12.5 Å². The standard InChI is InChI=1S/C15H22F2N2O/c1-9(8-18)14(20)19-13(15(2,3)4)11-6-5-10(16)7-12(11)17/h5-7,9,13H,8,18H2,1-4H3,(H,19,20). The lowest BCUT2D eigenvalue weighted by Crippen LogP contribution is -2.41. The van der Waals surface area contributed by atoms with Gasteiger partial charge in [0.1, 0.15) is 11.6 Å². The molecule has 3 nitrogen and oxygen atoms in total. The van der Waals surface area contributed by atoms with Gasteiger partial charge in [-0.05, 0) is 11.5 Å². The van der Waals surface area contributed by atoms with E-state index in [9.17, 15) is 13.6 Å². The van der Waals surface area contributed by atoms with E-state index in [2.05, 4.69) is 5.32 Å². The van der Waals surface area contributed by atoms with Crippen molar-refractivity contribution in [1.82, 2.24) is 5.32 Å². The highest BCUT2D eigenvalue weighted by atomic mass is 19.1. The van der Waals surface area contributed by atoms with Gasteiger partial charge in [-0.2, -0.15) is 0 Å². The Morgan fingerprint density at radius 1 is 1.35 bits per heavy atom. The third kappa shape index (κ3) is 4.00. The molecule has 0 aliphatic rings. The van der Waals surface area contributed by atoms with Gasteiger partial charge >= 0.3 is 0 Å². The van der Waals surface area contributed by atoms with Crippen molar-refractivity contribution in [2.24, 2.45) is 17.1 Å². The number of carbonyl (C=O) groups is 1. The molecule has 0 fully saturated rings. The molecule has 20 heavy (non-hydrogen) atoms. The topological polar surface area (TPSA) is 55.1 Å². The summed E-state index contributed by atoms with van der Waals surface area (Å²) < 4.78 is 27.0. The Balaban J connectivity index is 3.11. The van der Waals surface area contributed by atoms with Crippen LogP contribution in [0, 0.1) is 23.0 Å². The van der Waals surface area contributed by atoms with E-state index in [-0.39, 0.29) is 23.9 Å². The lowest BCUT2D eigenvalue weighted by atomic mass is 9.81. The molecule has 0 radical (unpaired) electrons. The van der Waals surface area contributed by atoms with Crippen LogP contribution in [0.25, 0.3) is 0 Å². The van der Waals surface area contributed by atoms with E-state index < -0.39 is 23.1 Å². The lowest BCUT2D eigenvalue weighted by molar-refractivity contribution is -0.125. The molecule has 0 bridgehead atoms. The van der Waals surface area contributed by atoms with Crippen molar-refractivity contribution in [3.63, 3.8) is 0 Å². The third-order valence-corrected chi connectivity index (χ3v) is 3.23. The SMILES string of the molecule is CC(CN)C(=O)NC(c1ccc(F)cc1F)C(C)(C)C. The molecule has 3 N–H and O–H groups in total. The smallest absolute Gasteiger partial charge is 0.224 e. The van der Waals surface area contributed by atoms with Gasteiger partial charge in [0.15, 0.2) is 0 Å². The quantitative estimate of drug-likeness (QED) is 0.893. The second kappa shape index (κ2) is 6.31. The highest BCUT2D eigenvalue weighted by Crippen LogP contribution is 2.34. The van der Waals surface area contributed by atoms with Crippen molar-refractivity contribution >= 4 is 5.91 Å². The highest BCUT2D eigenvalue weighted by molar-refractivity contribution is 5.79. The summed E-state index contributed by atoms with van der Waals surface area (Å²) in [6.07, 6.45) is 0. The summed E-state index contributed by atoms with van der Waals surface area (Å²) in [7, 11) is 0. The van der Waals surface area contributed by atoms with E-state index in [4.69, 9.17) is 5.73 Å². The number of rotatable bonds is 4. The van der Waals surface area contributed by atoms with E-state index in [1.165, 1.54) is 12.1 Å². The Morgan fingerprint density at radius 2 is 1.95 bits per heavy atom. The van der Waals surface area contributed by atoms with Crippen molar-refractivity contribution in [2.45, 2.75) is 33.7 Å². The fraction of sp³-hybridized carbons (Fsp3) is 0.533. The first kappa shape index (κ1) is 16.6. The van der Waals surface area contributed by atoms with E-state index in [0.29, 0.717) is 0 Å². The molecule has 1 aromatic rings. The van der Waals surface area contributed by atoms with Crippen LogP contribution >= 0.6 is 0 Å². The number of amides is 1. The lowest BCUT2D eigenvalue weighted by Gasteiger charge is -2.33. The number of carbonyl (C=O) groups excluding carboxylic acids is 1. The molecule has 0 aromatic heterocycles. The fourth-order valence-corrected chi connectivity index (χ4v) is 1.89. The Morgan fingerprint density at radius 3 is 2.40 bits per heavy atom. The summed E-state index contributed by atoms with van der Waals surface area (Å²) in [4.78, 5) is 12.0. The van der Waals surface area contributed by atoms with Crippen LogP contribution in [0.15, 0.2) is 18.2 Å². The predicted molar refractivity (Wildman–Crippen MR) is 74.9 cm³/mol. The van der Waals surface area contributed by atoms with Crippen LogP contribution in [0.4, 0.5) is 8.78 Å². The molecule has 0 saturated heterocycles. The summed E-state index contributed by atoms with van der Waals surface area (Å²) in [5.41, 5.74) is 5.32. The molecule has 0 aliphatic carbocycles.